The molecule has 0 radical (unpaired) electrons. The average molecular weight is 825 g/mol. The molecular formula is C45H45N4NaO6S2. The number of hydrogen-bond acceptors (Lipinski definition) is 8. The van der Waals surface area contributed by atoms with Crippen LogP contribution in [0, 0.1) is 13.0 Å². The van der Waals surface area contributed by atoms with Crippen LogP contribution in [0.4, 0.5) is 22.7 Å². The summed E-state index contributed by atoms with van der Waals surface area (Å²) in [5.74, 6) is 0. The standard InChI is InChI=1S/C45H45N4O6S2.Na/c1-5-48(30-33-13-12-16-39(29-33)56(50,51)52)37-23-25-40(31(3)27-37)44(34-19-21-36(22-20-34)47-43-18-11-10-17-42(43)46)41-26-24-38(28-32(41)4)49(6-2)45(57(53,54)55)35-14-8-7-9-15-35;/h7-8,10-29,45H,5-6,30,46H2,1-4H3,(H2,50,51,52,53,54,55);/q-1;+1. The first-order valence-electron chi connectivity index (χ1n) is 18.5. The summed E-state index contributed by atoms with van der Waals surface area (Å²) in [5, 5.41) is 2.07. The molecule has 5 aromatic rings. The van der Waals surface area contributed by atoms with Crippen molar-refractivity contribution in [1.29, 1.82) is 0 Å². The van der Waals surface area contributed by atoms with Crippen LogP contribution >= 0.6 is 0 Å². The predicted octanol–water partition coefficient (Wildman–Crippen LogP) is 5.43. The molecule has 58 heavy (non-hydrogen) atoms. The summed E-state index contributed by atoms with van der Waals surface area (Å²) >= 11 is 0. The summed E-state index contributed by atoms with van der Waals surface area (Å²) in [6.07, 6.45) is 6.20. The fourth-order valence-corrected chi connectivity index (χ4v) is 8.76. The minimum atomic E-state index is -4.59. The maximum absolute atomic E-state index is 12.8. The summed E-state index contributed by atoms with van der Waals surface area (Å²) < 4.78 is 73.3. The van der Waals surface area contributed by atoms with Crippen LogP contribution in [0.1, 0.15) is 54.0 Å². The first-order valence-corrected chi connectivity index (χ1v) is 21.4. The van der Waals surface area contributed by atoms with Crippen molar-refractivity contribution in [1.82, 2.24) is 0 Å². The molecule has 6 rings (SSSR count). The molecule has 4 N–H and O–H groups in total. The Balaban J connectivity index is 0.00000641. The van der Waals surface area contributed by atoms with Gasteiger partial charge >= 0.3 is 29.6 Å². The van der Waals surface area contributed by atoms with Crippen molar-refractivity contribution in [3.8, 4) is 0 Å². The van der Waals surface area contributed by atoms with Gasteiger partial charge in [0.15, 0.2) is 12.3 Å². The van der Waals surface area contributed by atoms with Gasteiger partial charge in [-0.1, -0.05) is 42.5 Å². The van der Waals surface area contributed by atoms with E-state index < -0.39 is 25.6 Å². The number of nitrogens with zero attached hydrogens (tertiary/aromatic N) is 2. The normalized spacial score (nSPS) is 15.2. The van der Waals surface area contributed by atoms with E-state index in [9.17, 15) is 25.9 Å². The Morgan fingerprint density at radius 2 is 1.66 bits per heavy atom. The molecule has 5 aromatic carbocycles. The summed E-state index contributed by atoms with van der Waals surface area (Å²) in [7, 11) is -9.12. The Morgan fingerprint density at radius 3 is 2.26 bits per heavy atom. The van der Waals surface area contributed by atoms with Gasteiger partial charge in [-0.05, 0) is 116 Å². The van der Waals surface area contributed by atoms with Gasteiger partial charge in [0.25, 0.3) is 10.1 Å². The molecule has 0 spiro atoms. The number of benzene rings is 5. The number of aryl methyl sites for hydroxylation is 1. The van der Waals surface area contributed by atoms with E-state index in [0.717, 1.165) is 50.5 Å². The number of nitrogen functional groups attached to an aromatic ring is 1. The minimum Gasteiger partial charge on any atom is -0.744 e. The van der Waals surface area contributed by atoms with Crippen LogP contribution in [0.2, 0.25) is 0 Å². The molecule has 0 saturated heterocycles. The third-order valence-electron chi connectivity index (χ3n) is 9.93. The molecule has 0 heterocycles. The number of allylic oxidation sites excluding steroid dienone is 5. The van der Waals surface area contributed by atoms with E-state index in [1.807, 2.05) is 101 Å². The third kappa shape index (κ3) is 10.3. The second kappa shape index (κ2) is 18.9. The predicted molar refractivity (Wildman–Crippen MR) is 227 cm³/mol. The van der Waals surface area contributed by atoms with Gasteiger partial charge in [-0.25, -0.2) is 13.0 Å². The molecule has 0 bridgehead atoms. The van der Waals surface area contributed by atoms with E-state index in [0.29, 0.717) is 42.1 Å². The number of rotatable bonds is 13. The Kier molecular flexibility index (Phi) is 14.4. The summed E-state index contributed by atoms with van der Waals surface area (Å²) in [4.78, 5) is 1.40. The Labute approximate surface area is 363 Å². The molecule has 1 aliphatic carbocycles. The van der Waals surface area contributed by atoms with Crippen molar-refractivity contribution >= 4 is 54.3 Å². The first-order chi connectivity index (χ1) is 27.2. The van der Waals surface area contributed by atoms with Crippen LogP contribution in [0.25, 0.3) is 5.57 Å². The minimum absolute atomic E-state index is 0. The average Bonchev–Trinajstić information content (AvgIpc) is 3.18. The zero-order chi connectivity index (χ0) is 40.9. The molecule has 1 atom stereocenters. The largest absolute Gasteiger partial charge is 1.00 e. The Morgan fingerprint density at radius 1 is 0.914 bits per heavy atom. The van der Waals surface area contributed by atoms with Gasteiger partial charge in [0.05, 0.1) is 16.3 Å². The zero-order valence-electron chi connectivity index (χ0n) is 33.2. The van der Waals surface area contributed by atoms with Crippen LogP contribution < -0.4 is 45.5 Å². The molecular weight excluding hydrogens is 780 g/mol. The number of hydrogen-bond donors (Lipinski definition) is 3. The molecule has 0 aromatic heterocycles. The smallest absolute Gasteiger partial charge is 0.744 e. The van der Waals surface area contributed by atoms with Crippen LogP contribution in [0.5, 0.6) is 0 Å². The van der Waals surface area contributed by atoms with E-state index >= 15 is 0 Å². The number of para-hydroxylation sites is 2. The Hall–Kier alpha value is -4.79. The van der Waals surface area contributed by atoms with Gasteiger partial charge in [0.1, 0.15) is 22.0 Å². The number of nitrogens with two attached hydrogens (primary N) is 1. The quantitative estimate of drug-likeness (QED) is 0.0464. The van der Waals surface area contributed by atoms with Crippen molar-refractivity contribution in [2.75, 3.05) is 29.0 Å². The second-order valence-electron chi connectivity index (χ2n) is 13.8. The van der Waals surface area contributed by atoms with Crippen LogP contribution in [-0.2, 0) is 26.8 Å². The second-order valence-corrected chi connectivity index (χ2v) is 16.6. The van der Waals surface area contributed by atoms with E-state index in [4.69, 9.17) is 5.73 Å². The molecule has 0 fully saturated rings. The van der Waals surface area contributed by atoms with Gasteiger partial charge in [-0.15, -0.1) is 5.56 Å². The van der Waals surface area contributed by atoms with Crippen LogP contribution in [0.15, 0.2) is 150 Å². The van der Waals surface area contributed by atoms with Crippen molar-refractivity contribution in [3.63, 3.8) is 0 Å². The zero-order valence-corrected chi connectivity index (χ0v) is 36.8. The topological polar surface area (TPSA) is 156 Å². The van der Waals surface area contributed by atoms with Gasteiger partial charge < -0.3 is 20.5 Å². The SMILES string of the molecule is CCN(c1ccc(/C(=C2\C=CC(=[N+](CC)Cc3cccc(S(=O)(=O)[O-])c3)C=C2C)c2ccc(Nc3ccccc3N)cc2)c(C)c1)C(c1c[c-]ccc1)S(=O)(=O)O.[Na+]. The molecule has 13 heteroatoms. The van der Waals surface area contributed by atoms with Gasteiger partial charge in [0.2, 0.25) is 0 Å². The van der Waals surface area contributed by atoms with Gasteiger partial charge in [-0.2, -0.15) is 38.7 Å². The van der Waals surface area contributed by atoms with Gasteiger partial charge in [0, 0.05) is 35.6 Å². The molecule has 0 amide bonds. The number of nitrogens with one attached hydrogen (secondary N) is 1. The summed E-state index contributed by atoms with van der Waals surface area (Å²) in [6.45, 7) is 9.22. The van der Waals surface area contributed by atoms with E-state index in [2.05, 4.69) is 28.1 Å². The molecule has 1 aliphatic rings. The molecule has 1 unspecified atom stereocenters. The number of anilines is 4. The van der Waals surface area contributed by atoms with Crippen molar-refractivity contribution in [2.24, 2.45) is 0 Å². The van der Waals surface area contributed by atoms with E-state index in [1.165, 1.54) is 12.1 Å². The molecule has 10 nitrogen and oxygen atoms in total. The van der Waals surface area contributed by atoms with Crippen molar-refractivity contribution in [3.05, 3.63) is 179 Å². The molecule has 0 saturated carbocycles. The van der Waals surface area contributed by atoms with E-state index in [1.54, 1.807) is 41.3 Å². The van der Waals surface area contributed by atoms with Gasteiger partial charge in [-0.3, -0.25) is 4.55 Å². The fraction of sp³-hybridized carbons (Fsp3) is 0.178. The monoisotopic (exact) mass is 824 g/mol. The van der Waals surface area contributed by atoms with Crippen molar-refractivity contribution in [2.45, 2.75) is 44.5 Å². The maximum Gasteiger partial charge on any atom is 1.00 e. The van der Waals surface area contributed by atoms with Crippen molar-refractivity contribution < 1.29 is 60.1 Å². The van der Waals surface area contributed by atoms with E-state index in [-0.39, 0.29) is 34.5 Å². The summed E-state index contributed by atoms with van der Waals surface area (Å²) in [5.41, 5.74) is 16.8. The summed E-state index contributed by atoms with van der Waals surface area (Å²) in [6, 6.07) is 37.1. The van der Waals surface area contributed by atoms with Crippen LogP contribution in [-0.4, -0.2) is 49.3 Å². The fourth-order valence-electron chi connectivity index (χ4n) is 7.14. The molecule has 0 aliphatic heterocycles. The Bertz CT molecular complexity index is 2640. The van der Waals surface area contributed by atoms with Crippen LogP contribution in [0.3, 0.4) is 0 Å². The maximum atomic E-state index is 12.8. The first kappa shape index (κ1) is 44.3. The molecule has 294 valence electrons. The third-order valence-corrected chi connectivity index (χ3v) is 11.9.